The molecule has 1 atom stereocenters. The Kier molecular flexibility index (Phi) is 12.5. The van der Waals surface area contributed by atoms with Gasteiger partial charge in [-0.25, -0.2) is 0 Å². The van der Waals surface area contributed by atoms with E-state index in [0.717, 1.165) is 31.3 Å². The molecule has 26 heavy (non-hydrogen) atoms. The molecular weight excluding hydrogens is 349 g/mol. The fraction of sp³-hybridized carbons (Fsp3) is 0.650. The van der Waals surface area contributed by atoms with Gasteiger partial charge in [-0.1, -0.05) is 34.9 Å². The highest BCUT2D eigenvalue weighted by Crippen LogP contribution is 2.46. The van der Waals surface area contributed by atoms with Crippen LogP contribution in [-0.2, 0) is 18.4 Å². The van der Waals surface area contributed by atoms with Crippen molar-refractivity contribution in [3.63, 3.8) is 0 Å². The van der Waals surface area contributed by atoms with Gasteiger partial charge in [0.1, 0.15) is 0 Å². The van der Waals surface area contributed by atoms with Crippen LogP contribution in [0.3, 0.4) is 0 Å². The SMILES string of the molecule is COP(=O)(CC(C=C(C)CCC=C(C)CCC=C(C)C)NC(C)=O)OC. The number of carbonyl (C=O) groups is 1. The number of amides is 1. The van der Waals surface area contributed by atoms with E-state index in [4.69, 9.17) is 9.05 Å². The van der Waals surface area contributed by atoms with Crippen molar-refractivity contribution >= 4 is 13.5 Å². The van der Waals surface area contributed by atoms with Gasteiger partial charge in [0.05, 0.1) is 12.2 Å². The Hall–Kier alpha value is -1.16. The van der Waals surface area contributed by atoms with E-state index >= 15 is 0 Å². The fourth-order valence-corrected chi connectivity index (χ4v) is 3.65. The summed E-state index contributed by atoms with van der Waals surface area (Å²) in [6.07, 6.45) is 10.6. The Labute approximate surface area is 159 Å². The van der Waals surface area contributed by atoms with Gasteiger partial charge in [0.2, 0.25) is 5.91 Å². The summed E-state index contributed by atoms with van der Waals surface area (Å²) in [7, 11) is -0.478. The highest BCUT2D eigenvalue weighted by atomic mass is 31.2. The molecule has 0 saturated heterocycles. The maximum atomic E-state index is 12.3. The van der Waals surface area contributed by atoms with Crippen LogP contribution in [0.1, 0.15) is 60.3 Å². The maximum absolute atomic E-state index is 12.3. The van der Waals surface area contributed by atoms with Crippen LogP contribution in [0.25, 0.3) is 0 Å². The third-order valence-corrected chi connectivity index (χ3v) is 5.93. The summed E-state index contributed by atoms with van der Waals surface area (Å²) in [5.41, 5.74) is 3.87. The van der Waals surface area contributed by atoms with E-state index in [-0.39, 0.29) is 18.1 Å². The van der Waals surface area contributed by atoms with Gasteiger partial charge in [0.15, 0.2) is 0 Å². The van der Waals surface area contributed by atoms with Crippen molar-refractivity contribution in [3.05, 3.63) is 34.9 Å². The molecule has 0 aromatic heterocycles. The van der Waals surface area contributed by atoms with Gasteiger partial charge in [-0.05, 0) is 53.4 Å². The predicted molar refractivity (Wildman–Crippen MR) is 110 cm³/mol. The Bertz CT molecular complexity index is 566. The zero-order valence-corrected chi connectivity index (χ0v) is 18.3. The largest absolute Gasteiger partial charge is 0.349 e. The first-order valence-corrected chi connectivity index (χ1v) is 10.8. The molecule has 150 valence electrons. The Morgan fingerprint density at radius 3 is 2.00 bits per heavy atom. The molecular formula is C20H36NO4P. The minimum atomic E-state index is -3.19. The number of allylic oxidation sites excluding steroid dienone is 5. The summed E-state index contributed by atoms with van der Waals surface area (Å²) in [6.45, 7) is 9.85. The van der Waals surface area contributed by atoms with E-state index in [1.165, 1.54) is 32.3 Å². The van der Waals surface area contributed by atoms with E-state index in [2.05, 4.69) is 38.2 Å². The van der Waals surface area contributed by atoms with Gasteiger partial charge >= 0.3 is 7.60 Å². The van der Waals surface area contributed by atoms with Gasteiger partial charge in [0.25, 0.3) is 0 Å². The Morgan fingerprint density at radius 2 is 1.50 bits per heavy atom. The molecule has 1 amide bonds. The second-order valence-electron chi connectivity index (χ2n) is 6.89. The van der Waals surface area contributed by atoms with E-state index < -0.39 is 7.60 Å². The van der Waals surface area contributed by atoms with Crippen LogP contribution in [0.4, 0.5) is 0 Å². The Balaban J connectivity index is 4.75. The maximum Gasteiger partial charge on any atom is 0.332 e. The molecule has 0 aliphatic carbocycles. The first-order chi connectivity index (χ1) is 12.1. The van der Waals surface area contributed by atoms with Gasteiger partial charge in [-0.15, -0.1) is 0 Å². The summed E-state index contributed by atoms with van der Waals surface area (Å²) in [5.74, 6) is -0.173. The van der Waals surface area contributed by atoms with Crippen molar-refractivity contribution in [2.24, 2.45) is 0 Å². The van der Waals surface area contributed by atoms with E-state index in [1.807, 2.05) is 13.0 Å². The first kappa shape index (κ1) is 24.8. The molecule has 0 bridgehead atoms. The van der Waals surface area contributed by atoms with Crippen molar-refractivity contribution in [2.75, 3.05) is 20.4 Å². The molecule has 0 radical (unpaired) electrons. The quantitative estimate of drug-likeness (QED) is 0.361. The molecule has 0 aromatic rings. The monoisotopic (exact) mass is 385 g/mol. The second kappa shape index (κ2) is 13.1. The molecule has 1 unspecified atom stereocenters. The minimum Gasteiger partial charge on any atom is -0.349 e. The number of nitrogens with one attached hydrogen (secondary N) is 1. The van der Waals surface area contributed by atoms with Crippen molar-refractivity contribution in [1.29, 1.82) is 0 Å². The molecule has 0 rings (SSSR count). The van der Waals surface area contributed by atoms with E-state index in [1.54, 1.807) is 0 Å². The van der Waals surface area contributed by atoms with Crippen molar-refractivity contribution in [2.45, 2.75) is 66.3 Å². The normalized spacial score (nSPS) is 14.1. The lowest BCUT2D eigenvalue weighted by Crippen LogP contribution is -2.34. The smallest absolute Gasteiger partial charge is 0.332 e. The van der Waals surface area contributed by atoms with Gasteiger partial charge in [-0.3, -0.25) is 9.36 Å². The molecule has 1 N–H and O–H groups in total. The number of carbonyl (C=O) groups excluding carboxylic acids is 1. The average molecular weight is 385 g/mol. The molecule has 0 aliphatic rings. The second-order valence-corrected chi connectivity index (χ2v) is 9.21. The predicted octanol–water partition coefficient (Wildman–Crippen LogP) is 5.40. The molecule has 0 saturated carbocycles. The summed E-state index contributed by atoms with van der Waals surface area (Å²) in [4.78, 5) is 11.4. The van der Waals surface area contributed by atoms with Crippen LogP contribution >= 0.6 is 7.60 Å². The molecule has 5 nitrogen and oxygen atoms in total. The topological polar surface area (TPSA) is 64.6 Å². The van der Waals surface area contributed by atoms with Crippen LogP contribution in [-0.4, -0.2) is 32.3 Å². The Morgan fingerprint density at radius 1 is 0.962 bits per heavy atom. The number of hydrogen-bond acceptors (Lipinski definition) is 4. The van der Waals surface area contributed by atoms with Crippen LogP contribution in [0.5, 0.6) is 0 Å². The lowest BCUT2D eigenvalue weighted by atomic mass is 10.1. The lowest BCUT2D eigenvalue weighted by molar-refractivity contribution is -0.119. The van der Waals surface area contributed by atoms with Crippen molar-refractivity contribution in [3.8, 4) is 0 Å². The van der Waals surface area contributed by atoms with E-state index in [0.29, 0.717) is 0 Å². The number of rotatable bonds is 12. The number of hydrogen-bond donors (Lipinski definition) is 1. The van der Waals surface area contributed by atoms with Gasteiger partial charge in [-0.2, -0.15) is 0 Å². The summed E-state index contributed by atoms with van der Waals surface area (Å²) < 4.78 is 22.3. The highest BCUT2D eigenvalue weighted by Gasteiger charge is 2.26. The van der Waals surface area contributed by atoms with Crippen molar-refractivity contribution < 1.29 is 18.4 Å². The zero-order chi connectivity index (χ0) is 20.2. The molecule has 0 aromatic carbocycles. The molecule has 0 fully saturated rings. The van der Waals surface area contributed by atoms with Crippen LogP contribution in [0.2, 0.25) is 0 Å². The van der Waals surface area contributed by atoms with Crippen LogP contribution < -0.4 is 5.32 Å². The highest BCUT2D eigenvalue weighted by molar-refractivity contribution is 7.53. The fourth-order valence-electron chi connectivity index (χ4n) is 2.53. The van der Waals surface area contributed by atoms with Crippen LogP contribution in [0.15, 0.2) is 34.9 Å². The summed E-state index contributed by atoms with van der Waals surface area (Å²) in [5, 5.41) is 2.80. The first-order valence-electron chi connectivity index (χ1n) is 9.05. The molecule has 0 heterocycles. The third kappa shape index (κ3) is 12.2. The van der Waals surface area contributed by atoms with E-state index in [9.17, 15) is 9.36 Å². The van der Waals surface area contributed by atoms with Crippen LogP contribution in [0, 0.1) is 0 Å². The van der Waals surface area contributed by atoms with Gasteiger partial charge in [0, 0.05) is 21.1 Å². The zero-order valence-electron chi connectivity index (χ0n) is 17.4. The average Bonchev–Trinajstić information content (AvgIpc) is 2.53. The van der Waals surface area contributed by atoms with Crippen molar-refractivity contribution in [1.82, 2.24) is 5.32 Å². The standard InChI is InChI=1S/C20H36NO4P/c1-16(2)10-8-11-17(3)12-9-13-18(4)14-20(21-19(5)22)15-26(23,24-6)25-7/h10,12,14,20H,8-9,11,13,15H2,1-7H3,(H,21,22). The summed E-state index contributed by atoms with van der Waals surface area (Å²) in [6, 6.07) is -0.374. The molecule has 0 spiro atoms. The lowest BCUT2D eigenvalue weighted by Gasteiger charge is -2.20. The summed E-state index contributed by atoms with van der Waals surface area (Å²) >= 11 is 0. The molecule has 0 aliphatic heterocycles. The third-order valence-electron chi connectivity index (χ3n) is 3.97. The molecule has 6 heteroatoms. The minimum absolute atomic E-state index is 0.120. The van der Waals surface area contributed by atoms with Gasteiger partial charge < -0.3 is 14.4 Å².